The normalized spacial score (nSPS) is 20.9. The third-order valence-electron chi connectivity index (χ3n) is 5.28. The predicted octanol–water partition coefficient (Wildman–Crippen LogP) is 3.51. The Morgan fingerprint density at radius 2 is 1.78 bits per heavy atom. The summed E-state index contributed by atoms with van der Waals surface area (Å²) in [5.41, 5.74) is 1.26. The van der Waals surface area contributed by atoms with E-state index in [9.17, 15) is 13.2 Å². The average molecular weight is 382 g/mol. The average Bonchev–Trinajstić information content (AvgIpc) is 3.08. The van der Waals surface area contributed by atoms with Gasteiger partial charge in [0.15, 0.2) is 0 Å². The Kier molecular flexibility index (Phi) is 4.61. The molecule has 1 saturated heterocycles. The number of Topliss-reactive ketones (excluding diaryl/α,β-unsaturated/α-hetero) is 1. The molecule has 2 atom stereocenters. The van der Waals surface area contributed by atoms with E-state index in [4.69, 9.17) is 0 Å². The minimum atomic E-state index is -3.79. The van der Waals surface area contributed by atoms with Crippen molar-refractivity contribution in [3.63, 3.8) is 0 Å². The van der Waals surface area contributed by atoms with E-state index in [-0.39, 0.29) is 22.6 Å². The Labute approximate surface area is 159 Å². The van der Waals surface area contributed by atoms with Gasteiger partial charge in [0.2, 0.25) is 0 Å². The van der Waals surface area contributed by atoms with Crippen molar-refractivity contribution in [1.29, 1.82) is 0 Å². The van der Waals surface area contributed by atoms with Gasteiger partial charge in [0.25, 0.3) is 10.0 Å². The third kappa shape index (κ3) is 2.99. The quantitative estimate of drug-likeness (QED) is 0.750. The first kappa shape index (κ1) is 17.9. The van der Waals surface area contributed by atoms with Gasteiger partial charge in [0.05, 0.1) is 22.1 Å². The van der Waals surface area contributed by atoms with Crippen molar-refractivity contribution in [2.75, 3.05) is 6.54 Å². The minimum absolute atomic E-state index is 0.190. The van der Waals surface area contributed by atoms with E-state index in [0.29, 0.717) is 30.6 Å². The number of piperidine rings is 1. The number of aromatic nitrogens is 1. The molecule has 0 radical (unpaired) electrons. The van der Waals surface area contributed by atoms with Gasteiger partial charge in [-0.15, -0.1) is 0 Å². The second kappa shape index (κ2) is 6.94. The SMILES string of the molecule is CC[C@@H]1C(=O)CCN[C@@H]1c1cc2ccccc2n1S(=O)(=O)c1ccccc1. The Morgan fingerprint density at radius 1 is 1.07 bits per heavy atom. The number of nitrogens with zero attached hydrogens (tertiary/aromatic N) is 1. The van der Waals surface area contributed by atoms with Crippen LogP contribution in [0, 0.1) is 5.92 Å². The molecule has 1 fully saturated rings. The number of hydrogen-bond donors (Lipinski definition) is 1. The van der Waals surface area contributed by atoms with E-state index >= 15 is 0 Å². The van der Waals surface area contributed by atoms with Crippen LogP contribution in [0.1, 0.15) is 31.5 Å². The summed E-state index contributed by atoms with van der Waals surface area (Å²) in [6.45, 7) is 2.54. The van der Waals surface area contributed by atoms with Crippen LogP contribution in [0.4, 0.5) is 0 Å². The second-order valence-electron chi connectivity index (χ2n) is 6.87. The lowest BCUT2D eigenvalue weighted by atomic mass is 9.86. The molecule has 0 spiro atoms. The molecule has 2 heterocycles. The van der Waals surface area contributed by atoms with Crippen LogP contribution in [-0.4, -0.2) is 24.7 Å². The van der Waals surface area contributed by atoms with E-state index in [2.05, 4.69) is 5.32 Å². The zero-order valence-electron chi connectivity index (χ0n) is 15.1. The lowest BCUT2D eigenvalue weighted by Gasteiger charge is -2.31. The topological polar surface area (TPSA) is 68.2 Å². The number of hydrogen-bond acceptors (Lipinski definition) is 4. The highest BCUT2D eigenvalue weighted by Gasteiger charge is 2.36. The van der Waals surface area contributed by atoms with E-state index in [1.165, 1.54) is 3.97 Å². The van der Waals surface area contributed by atoms with Crippen molar-refractivity contribution in [2.45, 2.75) is 30.7 Å². The van der Waals surface area contributed by atoms with Gasteiger partial charge in [-0.25, -0.2) is 12.4 Å². The first-order chi connectivity index (χ1) is 13.0. The van der Waals surface area contributed by atoms with Crippen LogP contribution >= 0.6 is 0 Å². The largest absolute Gasteiger partial charge is 0.308 e. The Morgan fingerprint density at radius 3 is 2.52 bits per heavy atom. The molecule has 6 heteroatoms. The zero-order chi connectivity index (χ0) is 19.0. The molecule has 0 bridgehead atoms. The smallest absolute Gasteiger partial charge is 0.268 e. The molecular weight excluding hydrogens is 360 g/mol. The summed E-state index contributed by atoms with van der Waals surface area (Å²) in [6, 6.07) is 17.5. The van der Waals surface area contributed by atoms with Crippen molar-refractivity contribution < 1.29 is 13.2 Å². The number of ketones is 1. The molecule has 0 saturated carbocycles. The molecule has 1 aromatic heterocycles. The van der Waals surface area contributed by atoms with Crippen LogP contribution in [0.5, 0.6) is 0 Å². The molecule has 27 heavy (non-hydrogen) atoms. The number of fused-ring (bicyclic) bond motifs is 1. The fraction of sp³-hybridized carbons (Fsp3) is 0.286. The highest BCUT2D eigenvalue weighted by atomic mass is 32.2. The highest BCUT2D eigenvalue weighted by molar-refractivity contribution is 7.90. The summed E-state index contributed by atoms with van der Waals surface area (Å²) in [6.07, 6.45) is 1.16. The maximum absolute atomic E-state index is 13.5. The number of carbonyl (C=O) groups is 1. The fourth-order valence-corrected chi connectivity index (χ4v) is 5.55. The number of benzene rings is 2. The molecule has 140 valence electrons. The lowest BCUT2D eigenvalue weighted by Crippen LogP contribution is -2.41. The Bertz CT molecular complexity index is 1090. The molecular formula is C21H22N2O3S. The summed E-state index contributed by atoms with van der Waals surface area (Å²) in [4.78, 5) is 12.7. The van der Waals surface area contributed by atoms with Crippen LogP contribution in [-0.2, 0) is 14.8 Å². The van der Waals surface area contributed by atoms with Gasteiger partial charge in [-0.2, -0.15) is 0 Å². The van der Waals surface area contributed by atoms with E-state index in [0.717, 1.165) is 5.39 Å². The van der Waals surface area contributed by atoms with Gasteiger partial charge < -0.3 is 5.32 Å². The van der Waals surface area contributed by atoms with Gasteiger partial charge >= 0.3 is 0 Å². The standard InChI is InChI=1S/C21H22N2O3S/c1-2-17-20(24)12-13-22-21(17)19-14-15-8-6-7-11-18(15)23(19)27(25,26)16-9-4-3-5-10-16/h3-11,14,17,21-22H,2,12-13H2,1H3/t17-,21+/m1/s1. The third-order valence-corrected chi connectivity index (χ3v) is 7.04. The maximum Gasteiger partial charge on any atom is 0.268 e. The summed E-state index contributed by atoms with van der Waals surface area (Å²) in [5.74, 6) is -0.0389. The molecule has 1 aliphatic rings. The summed E-state index contributed by atoms with van der Waals surface area (Å²) < 4.78 is 28.4. The van der Waals surface area contributed by atoms with Crippen molar-refractivity contribution in [1.82, 2.24) is 9.29 Å². The highest BCUT2D eigenvalue weighted by Crippen LogP contribution is 2.35. The Balaban J connectivity index is 1.97. The molecule has 0 unspecified atom stereocenters. The molecule has 0 aliphatic carbocycles. The van der Waals surface area contributed by atoms with Gasteiger partial charge in [0.1, 0.15) is 5.78 Å². The Hall–Kier alpha value is -2.44. The first-order valence-electron chi connectivity index (χ1n) is 9.21. The van der Waals surface area contributed by atoms with Crippen LogP contribution in [0.15, 0.2) is 65.6 Å². The monoisotopic (exact) mass is 382 g/mol. The molecule has 2 aromatic carbocycles. The summed E-state index contributed by atoms with van der Waals surface area (Å²) >= 11 is 0. The summed E-state index contributed by atoms with van der Waals surface area (Å²) in [5, 5.41) is 4.23. The van der Waals surface area contributed by atoms with E-state index in [1.54, 1.807) is 30.3 Å². The van der Waals surface area contributed by atoms with Crippen molar-refractivity contribution in [2.24, 2.45) is 5.92 Å². The first-order valence-corrected chi connectivity index (χ1v) is 10.6. The number of carbonyl (C=O) groups excluding carboxylic acids is 1. The minimum Gasteiger partial charge on any atom is -0.308 e. The van der Waals surface area contributed by atoms with Crippen LogP contribution in [0.25, 0.3) is 10.9 Å². The molecule has 0 amide bonds. The predicted molar refractivity (Wildman–Crippen MR) is 105 cm³/mol. The summed E-state index contributed by atoms with van der Waals surface area (Å²) in [7, 11) is -3.79. The number of para-hydroxylation sites is 1. The van der Waals surface area contributed by atoms with Crippen LogP contribution < -0.4 is 5.32 Å². The van der Waals surface area contributed by atoms with Crippen molar-refractivity contribution in [3.8, 4) is 0 Å². The molecule has 4 rings (SSSR count). The van der Waals surface area contributed by atoms with E-state index < -0.39 is 10.0 Å². The van der Waals surface area contributed by atoms with Crippen LogP contribution in [0.2, 0.25) is 0 Å². The number of rotatable bonds is 4. The lowest BCUT2D eigenvalue weighted by molar-refractivity contribution is -0.125. The van der Waals surface area contributed by atoms with Crippen LogP contribution in [0.3, 0.4) is 0 Å². The molecule has 1 aliphatic heterocycles. The fourth-order valence-electron chi connectivity index (χ4n) is 3.97. The van der Waals surface area contributed by atoms with Gasteiger partial charge in [-0.1, -0.05) is 43.3 Å². The molecule has 3 aromatic rings. The van der Waals surface area contributed by atoms with Crippen molar-refractivity contribution >= 4 is 26.7 Å². The van der Waals surface area contributed by atoms with Gasteiger partial charge in [-0.05, 0) is 30.7 Å². The van der Waals surface area contributed by atoms with Gasteiger partial charge in [0, 0.05) is 24.3 Å². The zero-order valence-corrected chi connectivity index (χ0v) is 15.9. The second-order valence-corrected chi connectivity index (χ2v) is 8.66. The maximum atomic E-state index is 13.5. The number of nitrogens with one attached hydrogen (secondary N) is 1. The molecule has 5 nitrogen and oxygen atoms in total. The molecule has 1 N–H and O–H groups in total. The van der Waals surface area contributed by atoms with Crippen molar-refractivity contribution in [3.05, 3.63) is 66.4 Å². The van der Waals surface area contributed by atoms with E-state index in [1.807, 2.05) is 37.3 Å². The van der Waals surface area contributed by atoms with Gasteiger partial charge in [-0.3, -0.25) is 4.79 Å².